The minimum atomic E-state index is -0.334. The molecule has 0 atom stereocenters. The van der Waals surface area contributed by atoms with Crippen molar-refractivity contribution in [3.63, 3.8) is 0 Å². The lowest BCUT2D eigenvalue weighted by molar-refractivity contribution is 0.102. The molecule has 0 aliphatic heterocycles. The van der Waals surface area contributed by atoms with Crippen LogP contribution in [0.25, 0.3) is 0 Å². The monoisotopic (exact) mass is 306 g/mol. The quantitative estimate of drug-likeness (QED) is 0.845. The number of carbonyl (C=O) groups is 1. The smallest absolute Gasteiger partial charge is 0.255 e. The van der Waals surface area contributed by atoms with Gasteiger partial charge >= 0.3 is 0 Å². The molecule has 3 nitrogen and oxygen atoms in total. The molecule has 21 heavy (non-hydrogen) atoms. The molecule has 0 spiro atoms. The fourth-order valence-corrected chi connectivity index (χ4v) is 2.12. The van der Waals surface area contributed by atoms with Crippen LogP contribution in [0, 0.1) is 12.7 Å². The van der Waals surface area contributed by atoms with Gasteiger partial charge in [0.25, 0.3) is 5.91 Å². The van der Waals surface area contributed by atoms with E-state index in [1.165, 1.54) is 24.3 Å². The standard InChI is InChI=1S/C16H16ClFN2O/c1-9(2)14-7-11(8-15(17)19-14)16(21)20-13-5-4-12(18)6-10(13)3/h4-9H,1-3H3,(H,20,21). The lowest BCUT2D eigenvalue weighted by Crippen LogP contribution is -2.14. The molecule has 0 aliphatic rings. The van der Waals surface area contributed by atoms with Gasteiger partial charge in [0.15, 0.2) is 0 Å². The number of anilines is 1. The number of rotatable bonds is 3. The van der Waals surface area contributed by atoms with Crippen LogP contribution in [-0.2, 0) is 0 Å². The number of hydrogen-bond donors (Lipinski definition) is 1. The highest BCUT2D eigenvalue weighted by molar-refractivity contribution is 6.29. The summed E-state index contributed by atoms with van der Waals surface area (Å²) in [6.07, 6.45) is 0. The lowest BCUT2D eigenvalue weighted by atomic mass is 10.1. The van der Waals surface area contributed by atoms with Crippen molar-refractivity contribution in [1.29, 1.82) is 0 Å². The van der Waals surface area contributed by atoms with Crippen LogP contribution in [0.3, 0.4) is 0 Å². The number of amides is 1. The maximum Gasteiger partial charge on any atom is 0.255 e. The average Bonchev–Trinajstić information content (AvgIpc) is 2.41. The second-order valence-electron chi connectivity index (χ2n) is 5.17. The summed E-state index contributed by atoms with van der Waals surface area (Å²) in [5, 5.41) is 3.03. The third kappa shape index (κ3) is 3.79. The van der Waals surface area contributed by atoms with Crippen LogP contribution in [0.4, 0.5) is 10.1 Å². The number of pyridine rings is 1. The summed E-state index contributed by atoms with van der Waals surface area (Å²) in [6.45, 7) is 5.69. The highest BCUT2D eigenvalue weighted by Gasteiger charge is 2.12. The van der Waals surface area contributed by atoms with E-state index >= 15 is 0 Å². The fraction of sp³-hybridized carbons (Fsp3) is 0.250. The number of halogens is 2. The van der Waals surface area contributed by atoms with Gasteiger partial charge in [-0.05, 0) is 48.7 Å². The van der Waals surface area contributed by atoms with Crippen molar-refractivity contribution in [2.45, 2.75) is 26.7 Å². The Hall–Kier alpha value is -1.94. The number of carbonyl (C=O) groups excluding carboxylic acids is 1. The van der Waals surface area contributed by atoms with Crippen molar-refractivity contribution < 1.29 is 9.18 Å². The zero-order chi connectivity index (χ0) is 15.6. The number of nitrogens with zero attached hydrogens (tertiary/aromatic N) is 1. The predicted octanol–water partition coefficient (Wildman–Crippen LogP) is 4.56. The van der Waals surface area contributed by atoms with E-state index in [4.69, 9.17) is 11.6 Å². The number of hydrogen-bond acceptors (Lipinski definition) is 2. The molecule has 0 bridgehead atoms. The zero-order valence-electron chi connectivity index (χ0n) is 12.1. The SMILES string of the molecule is Cc1cc(F)ccc1NC(=O)c1cc(Cl)nc(C(C)C)c1. The molecule has 1 aromatic carbocycles. The fourth-order valence-electron chi connectivity index (χ4n) is 1.91. The van der Waals surface area contributed by atoms with Gasteiger partial charge in [0, 0.05) is 16.9 Å². The Bertz CT molecular complexity index is 686. The first-order valence-corrected chi connectivity index (χ1v) is 6.99. The molecule has 1 amide bonds. The molecule has 1 N–H and O–H groups in total. The highest BCUT2D eigenvalue weighted by Crippen LogP contribution is 2.20. The van der Waals surface area contributed by atoms with E-state index < -0.39 is 0 Å². The number of aromatic nitrogens is 1. The van der Waals surface area contributed by atoms with Gasteiger partial charge in [-0.25, -0.2) is 9.37 Å². The third-order valence-corrected chi connectivity index (χ3v) is 3.30. The number of aryl methyl sites for hydroxylation is 1. The molecular weight excluding hydrogens is 291 g/mol. The van der Waals surface area contributed by atoms with Gasteiger partial charge in [0.1, 0.15) is 11.0 Å². The predicted molar refractivity (Wildman–Crippen MR) is 82.4 cm³/mol. The van der Waals surface area contributed by atoms with Crippen molar-refractivity contribution in [3.8, 4) is 0 Å². The van der Waals surface area contributed by atoms with Crippen LogP contribution in [0.15, 0.2) is 30.3 Å². The zero-order valence-corrected chi connectivity index (χ0v) is 12.8. The van der Waals surface area contributed by atoms with Crippen LogP contribution in [0.5, 0.6) is 0 Å². The molecule has 0 radical (unpaired) electrons. The maximum absolute atomic E-state index is 13.1. The minimum absolute atomic E-state index is 0.169. The van der Waals surface area contributed by atoms with Crippen molar-refractivity contribution >= 4 is 23.2 Å². The van der Waals surface area contributed by atoms with E-state index in [0.29, 0.717) is 16.8 Å². The first-order chi connectivity index (χ1) is 9.86. The second-order valence-corrected chi connectivity index (χ2v) is 5.56. The van der Waals surface area contributed by atoms with Crippen LogP contribution in [0.1, 0.15) is 41.4 Å². The Morgan fingerprint density at radius 2 is 2.00 bits per heavy atom. The van der Waals surface area contributed by atoms with Gasteiger partial charge in [0.2, 0.25) is 0 Å². The molecule has 0 aliphatic carbocycles. The van der Waals surface area contributed by atoms with E-state index in [9.17, 15) is 9.18 Å². The molecule has 1 aromatic heterocycles. The van der Waals surface area contributed by atoms with Gasteiger partial charge in [-0.1, -0.05) is 25.4 Å². The molecule has 0 saturated carbocycles. The summed E-state index contributed by atoms with van der Waals surface area (Å²) >= 11 is 5.95. The van der Waals surface area contributed by atoms with E-state index in [1.54, 1.807) is 13.0 Å². The number of nitrogens with one attached hydrogen (secondary N) is 1. The van der Waals surface area contributed by atoms with Gasteiger partial charge in [-0.3, -0.25) is 4.79 Å². The van der Waals surface area contributed by atoms with Crippen LogP contribution in [0.2, 0.25) is 5.15 Å². The first-order valence-electron chi connectivity index (χ1n) is 6.62. The summed E-state index contributed by atoms with van der Waals surface area (Å²) in [4.78, 5) is 16.5. The largest absolute Gasteiger partial charge is 0.322 e. The molecular formula is C16H16ClFN2O. The maximum atomic E-state index is 13.1. The summed E-state index contributed by atoms with van der Waals surface area (Å²) in [5.41, 5.74) is 2.42. The molecule has 2 aromatic rings. The van der Waals surface area contributed by atoms with E-state index in [1.807, 2.05) is 13.8 Å². The van der Waals surface area contributed by atoms with Crippen LogP contribution >= 0.6 is 11.6 Å². The second kappa shape index (κ2) is 6.22. The molecule has 2 rings (SSSR count). The van der Waals surface area contributed by atoms with Crippen molar-refractivity contribution in [3.05, 3.63) is 58.1 Å². The summed E-state index contributed by atoms with van der Waals surface area (Å²) in [6, 6.07) is 7.44. The Balaban J connectivity index is 2.28. The third-order valence-electron chi connectivity index (χ3n) is 3.10. The van der Waals surface area contributed by atoms with Gasteiger partial charge < -0.3 is 5.32 Å². The van der Waals surface area contributed by atoms with Crippen LogP contribution in [-0.4, -0.2) is 10.9 Å². The Morgan fingerprint density at radius 1 is 1.29 bits per heavy atom. The molecule has 0 unspecified atom stereocenters. The average molecular weight is 307 g/mol. The number of benzene rings is 1. The summed E-state index contributed by atoms with van der Waals surface area (Å²) < 4.78 is 13.1. The summed E-state index contributed by atoms with van der Waals surface area (Å²) in [5.74, 6) is -0.460. The molecule has 5 heteroatoms. The van der Waals surface area contributed by atoms with Crippen LogP contribution < -0.4 is 5.32 Å². The topological polar surface area (TPSA) is 42.0 Å². The van der Waals surface area contributed by atoms with E-state index in [-0.39, 0.29) is 22.8 Å². The Morgan fingerprint density at radius 3 is 2.62 bits per heavy atom. The lowest BCUT2D eigenvalue weighted by Gasteiger charge is -2.11. The van der Waals surface area contributed by atoms with E-state index in [2.05, 4.69) is 10.3 Å². The Labute approximate surface area is 128 Å². The minimum Gasteiger partial charge on any atom is -0.322 e. The molecule has 110 valence electrons. The van der Waals surface area contributed by atoms with Gasteiger partial charge in [-0.2, -0.15) is 0 Å². The molecule has 1 heterocycles. The van der Waals surface area contributed by atoms with Crippen molar-refractivity contribution in [2.75, 3.05) is 5.32 Å². The highest BCUT2D eigenvalue weighted by atomic mass is 35.5. The molecule has 0 fully saturated rings. The first kappa shape index (κ1) is 15.4. The summed E-state index contributed by atoms with van der Waals surface area (Å²) in [7, 11) is 0. The Kier molecular flexibility index (Phi) is 4.58. The van der Waals surface area contributed by atoms with Gasteiger partial charge in [0.05, 0.1) is 0 Å². The van der Waals surface area contributed by atoms with E-state index in [0.717, 1.165) is 5.69 Å². The molecule has 0 saturated heterocycles. The van der Waals surface area contributed by atoms with Crippen molar-refractivity contribution in [2.24, 2.45) is 0 Å². The van der Waals surface area contributed by atoms with Gasteiger partial charge in [-0.15, -0.1) is 0 Å². The van der Waals surface area contributed by atoms with Crippen molar-refractivity contribution in [1.82, 2.24) is 4.98 Å². The normalized spacial score (nSPS) is 10.8.